The predicted octanol–water partition coefficient (Wildman–Crippen LogP) is 2.16. The van der Waals surface area contributed by atoms with E-state index in [0.717, 1.165) is 0 Å². The summed E-state index contributed by atoms with van der Waals surface area (Å²) in [5, 5.41) is 29.8. The van der Waals surface area contributed by atoms with Crippen molar-refractivity contribution >= 4 is 11.6 Å². The third-order valence-corrected chi connectivity index (χ3v) is 3.51. The van der Waals surface area contributed by atoms with E-state index in [0.29, 0.717) is 24.2 Å². The first-order valence-electron chi connectivity index (χ1n) is 7.00. The molecule has 1 unspecified atom stereocenters. The lowest BCUT2D eigenvalue weighted by Gasteiger charge is -2.21. The van der Waals surface area contributed by atoms with Crippen LogP contribution in [0.2, 0.25) is 0 Å². The van der Waals surface area contributed by atoms with Crippen LogP contribution < -0.4 is 0 Å². The molecule has 0 aliphatic carbocycles. The molecule has 1 N–H and O–H groups in total. The summed E-state index contributed by atoms with van der Waals surface area (Å²) >= 11 is 0. The molecule has 118 valence electrons. The van der Waals surface area contributed by atoms with Crippen LogP contribution >= 0.6 is 0 Å². The lowest BCUT2D eigenvalue weighted by Crippen LogP contribution is -2.36. The molecule has 0 aromatic heterocycles. The van der Waals surface area contributed by atoms with Crippen molar-refractivity contribution in [2.75, 3.05) is 13.1 Å². The van der Waals surface area contributed by atoms with Crippen molar-refractivity contribution in [3.8, 4) is 11.8 Å². The summed E-state index contributed by atoms with van der Waals surface area (Å²) in [6.45, 7) is 6.20. The van der Waals surface area contributed by atoms with Crippen molar-refractivity contribution in [3.63, 3.8) is 0 Å². The Labute approximate surface area is 128 Å². The van der Waals surface area contributed by atoms with Crippen LogP contribution in [-0.2, 0) is 11.2 Å². The maximum atomic E-state index is 12.2. The van der Waals surface area contributed by atoms with Gasteiger partial charge in [0.1, 0.15) is 5.92 Å². The normalized spacial score (nSPS) is 11.5. The standard InChI is InChI=1S/C15H19N3O4/c1-4-17(5-2)15(20)12(9-16)7-11-6-10(3)14(19)13(8-11)18(21)22/h6,8,12,19H,4-5,7H2,1-3H3. The molecule has 0 radical (unpaired) electrons. The number of nitrogens with zero attached hydrogens (tertiary/aromatic N) is 3. The van der Waals surface area contributed by atoms with Gasteiger partial charge in [-0.1, -0.05) is 6.07 Å². The van der Waals surface area contributed by atoms with Crippen LogP contribution in [0.4, 0.5) is 5.69 Å². The highest BCUT2D eigenvalue weighted by Gasteiger charge is 2.25. The molecular formula is C15H19N3O4. The largest absolute Gasteiger partial charge is 0.502 e. The van der Waals surface area contributed by atoms with Gasteiger partial charge in [-0.15, -0.1) is 0 Å². The highest BCUT2D eigenvalue weighted by Crippen LogP contribution is 2.31. The molecule has 0 bridgehead atoms. The number of hydrogen-bond acceptors (Lipinski definition) is 5. The Morgan fingerprint density at radius 2 is 2.05 bits per heavy atom. The van der Waals surface area contributed by atoms with Crippen LogP contribution in [0.3, 0.4) is 0 Å². The number of carbonyl (C=O) groups excluding carboxylic acids is 1. The Hall–Kier alpha value is -2.62. The minimum absolute atomic E-state index is 0.0772. The average molecular weight is 305 g/mol. The highest BCUT2D eigenvalue weighted by atomic mass is 16.6. The SMILES string of the molecule is CCN(CC)C(=O)C(C#N)Cc1cc(C)c(O)c([N+](=O)[O-])c1. The van der Waals surface area contributed by atoms with Gasteiger partial charge in [0, 0.05) is 19.2 Å². The molecule has 0 aliphatic rings. The molecule has 0 fully saturated rings. The minimum Gasteiger partial charge on any atom is -0.502 e. The van der Waals surface area contributed by atoms with Crippen LogP contribution in [0, 0.1) is 34.3 Å². The maximum absolute atomic E-state index is 12.2. The number of benzene rings is 1. The summed E-state index contributed by atoms with van der Waals surface area (Å²) in [6.07, 6.45) is 0.0772. The second-order valence-electron chi connectivity index (χ2n) is 4.93. The molecule has 1 amide bonds. The number of nitriles is 1. The molecule has 0 saturated carbocycles. The fourth-order valence-corrected chi connectivity index (χ4v) is 2.27. The number of hydrogen-bond donors (Lipinski definition) is 1. The Balaban J connectivity index is 3.09. The van der Waals surface area contributed by atoms with Gasteiger partial charge in [-0.05, 0) is 38.3 Å². The molecule has 1 atom stereocenters. The molecule has 0 saturated heterocycles. The van der Waals surface area contributed by atoms with Crippen molar-refractivity contribution < 1.29 is 14.8 Å². The summed E-state index contributed by atoms with van der Waals surface area (Å²) in [5.41, 5.74) is 0.409. The second kappa shape index (κ2) is 7.41. The van der Waals surface area contributed by atoms with Gasteiger partial charge in [-0.2, -0.15) is 5.26 Å². The number of nitro benzene ring substituents is 1. The van der Waals surface area contributed by atoms with Crippen LogP contribution in [0.5, 0.6) is 5.75 Å². The summed E-state index contributed by atoms with van der Waals surface area (Å²) in [5.74, 6) is -1.58. The summed E-state index contributed by atoms with van der Waals surface area (Å²) in [4.78, 5) is 24.0. The number of amides is 1. The Morgan fingerprint density at radius 1 is 1.45 bits per heavy atom. The number of phenolic OH excluding ortho intramolecular Hbond substituents is 1. The first-order chi connectivity index (χ1) is 10.3. The molecule has 0 spiro atoms. The van der Waals surface area contributed by atoms with Gasteiger partial charge < -0.3 is 10.0 Å². The number of nitro groups is 1. The van der Waals surface area contributed by atoms with Gasteiger partial charge in [-0.25, -0.2) is 0 Å². The Bertz CT molecular complexity index is 618. The number of phenols is 1. The molecule has 0 aliphatic heterocycles. The van der Waals surface area contributed by atoms with Crippen LogP contribution in [0.25, 0.3) is 0 Å². The smallest absolute Gasteiger partial charge is 0.311 e. The van der Waals surface area contributed by atoms with Gasteiger partial charge >= 0.3 is 5.69 Å². The molecule has 1 aromatic carbocycles. The monoisotopic (exact) mass is 305 g/mol. The van der Waals surface area contributed by atoms with Gasteiger partial charge in [-0.3, -0.25) is 14.9 Å². The van der Waals surface area contributed by atoms with E-state index >= 15 is 0 Å². The van der Waals surface area contributed by atoms with Crippen molar-refractivity contribution in [3.05, 3.63) is 33.4 Å². The molecule has 0 heterocycles. The zero-order valence-electron chi connectivity index (χ0n) is 12.9. The first-order valence-corrected chi connectivity index (χ1v) is 7.00. The third-order valence-electron chi connectivity index (χ3n) is 3.51. The maximum Gasteiger partial charge on any atom is 0.311 e. The fourth-order valence-electron chi connectivity index (χ4n) is 2.27. The molecule has 22 heavy (non-hydrogen) atoms. The molecular weight excluding hydrogens is 286 g/mol. The van der Waals surface area contributed by atoms with Gasteiger partial charge in [0.2, 0.25) is 5.91 Å². The molecule has 7 heteroatoms. The number of carbonyl (C=O) groups is 1. The number of rotatable bonds is 6. The zero-order chi connectivity index (χ0) is 16.9. The second-order valence-corrected chi connectivity index (χ2v) is 4.93. The zero-order valence-corrected chi connectivity index (χ0v) is 12.9. The summed E-state index contributed by atoms with van der Waals surface area (Å²) < 4.78 is 0. The Morgan fingerprint density at radius 3 is 2.50 bits per heavy atom. The number of aryl methyl sites for hydroxylation is 1. The lowest BCUT2D eigenvalue weighted by atomic mass is 9.97. The summed E-state index contributed by atoms with van der Waals surface area (Å²) in [7, 11) is 0. The Kier molecular flexibility index (Phi) is 5.87. The van der Waals surface area contributed by atoms with E-state index in [1.54, 1.807) is 17.9 Å². The number of aromatic hydroxyl groups is 1. The van der Waals surface area contributed by atoms with E-state index in [1.165, 1.54) is 6.07 Å². The predicted molar refractivity (Wildman–Crippen MR) is 80.2 cm³/mol. The third kappa shape index (κ3) is 3.73. The minimum atomic E-state index is -0.900. The van der Waals surface area contributed by atoms with Gasteiger partial charge in [0.15, 0.2) is 5.75 Å². The van der Waals surface area contributed by atoms with Crippen LogP contribution in [0.15, 0.2) is 12.1 Å². The quantitative estimate of drug-likeness (QED) is 0.640. The van der Waals surface area contributed by atoms with E-state index < -0.39 is 22.3 Å². The van der Waals surface area contributed by atoms with Crippen molar-refractivity contribution in [1.29, 1.82) is 5.26 Å². The van der Waals surface area contributed by atoms with Crippen LogP contribution in [0.1, 0.15) is 25.0 Å². The highest BCUT2D eigenvalue weighted by molar-refractivity contribution is 5.81. The fraction of sp³-hybridized carbons (Fsp3) is 0.467. The van der Waals surface area contributed by atoms with Gasteiger partial charge in [0.05, 0.1) is 11.0 Å². The van der Waals surface area contributed by atoms with E-state index in [-0.39, 0.29) is 12.3 Å². The van der Waals surface area contributed by atoms with E-state index in [2.05, 4.69) is 0 Å². The first kappa shape index (κ1) is 17.4. The van der Waals surface area contributed by atoms with Crippen molar-refractivity contribution in [1.82, 2.24) is 4.90 Å². The van der Waals surface area contributed by atoms with E-state index in [9.17, 15) is 25.3 Å². The van der Waals surface area contributed by atoms with Crippen molar-refractivity contribution in [2.45, 2.75) is 27.2 Å². The average Bonchev–Trinajstić information content (AvgIpc) is 2.48. The van der Waals surface area contributed by atoms with Crippen molar-refractivity contribution in [2.24, 2.45) is 5.92 Å². The molecule has 1 aromatic rings. The van der Waals surface area contributed by atoms with Crippen LogP contribution in [-0.4, -0.2) is 33.9 Å². The van der Waals surface area contributed by atoms with E-state index in [1.807, 2.05) is 19.9 Å². The van der Waals surface area contributed by atoms with Gasteiger partial charge in [0.25, 0.3) is 0 Å². The molecule has 7 nitrogen and oxygen atoms in total. The van der Waals surface area contributed by atoms with E-state index in [4.69, 9.17) is 0 Å². The summed E-state index contributed by atoms with van der Waals surface area (Å²) in [6, 6.07) is 4.73. The topological polar surface area (TPSA) is 107 Å². The molecule has 1 rings (SSSR count). The lowest BCUT2D eigenvalue weighted by molar-refractivity contribution is -0.386.